The summed E-state index contributed by atoms with van der Waals surface area (Å²) in [4.78, 5) is 21.6. The first-order valence-electron chi connectivity index (χ1n) is 9.90. The fourth-order valence-electron chi connectivity index (χ4n) is 3.11. The smallest absolute Gasteiger partial charge is 0.229 e. The van der Waals surface area contributed by atoms with Gasteiger partial charge in [0.15, 0.2) is 15.0 Å². The number of sulfone groups is 1. The Morgan fingerprint density at radius 2 is 1.81 bits per heavy atom. The molecule has 3 rings (SSSR count). The molecule has 0 unspecified atom stereocenters. The number of ether oxygens (including phenoxy) is 1. The van der Waals surface area contributed by atoms with Crippen LogP contribution in [0, 0.1) is 6.92 Å². The number of aromatic nitrogens is 1. The number of thiazole rings is 1. The minimum absolute atomic E-state index is 0.114. The first-order chi connectivity index (χ1) is 14.7. The standard InChI is InChI=1S/C22H27N3O4S2/c1-16-10-11-18(29-4)20-21(16)30-22(23-20)25(14-13-24(2)3)19(26)12-15-31(27,28)17-8-6-5-7-9-17/h5-11H,12-15H2,1-4H3. The molecule has 2 aromatic carbocycles. The highest BCUT2D eigenvalue weighted by Crippen LogP contribution is 2.36. The molecule has 0 aliphatic rings. The van der Waals surface area contributed by atoms with Crippen LogP contribution in [0.5, 0.6) is 5.75 Å². The van der Waals surface area contributed by atoms with E-state index in [0.29, 0.717) is 29.5 Å². The molecule has 3 aromatic rings. The Morgan fingerprint density at radius 1 is 1.10 bits per heavy atom. The van der Waals surface area contributed by atoms with Gasteiger partial charge in [0.2, 0.25) is 5.91 Å². The maximum Gasteiger partial charge on any atom is 0.229 e. The van der Waals surface area contributed by atoms with Gasteiger partial charge in [0.25, 0.3) is 0 Å². The van der Waals surface area contributed by atoms with Gasteiger partial charge in [-0.2, -0.15) is 0 Å². The molecule has 1 aromatic heterocycles. The van der Waals surface area contributed by atoms with E-state index < -0.39 is 9.84 Å². The molecule has 1 amide bonds. The van der Waals surface area contributed by atoms with Crippen LogP contribution in [0.25, 0.3) is 10.2 Å². The third kappa shape index (κ3) is 5.41. The number of anilines is 1. The molecule has 166 valence electrons. The fourth-order valence-corrected chi connectivity index (χ4v) is 5.45. The van der Waals surface area contributed by atoms with E-state index in [9.17, 15) is 13.2 Å². The molecule has 7 nitrogen and oxygen atoms in total. The maximum absolute atomic E-state index is 13.1. The van der Waals surface area contributed by atoms with Gasteiger partial charge in [-0.15, -0.1) is 0 Å². The van der Waals surface area contributed by atoms with Crippen molar-refractivity contribution in [3.05, 3.63) is 48.0 Å². The Hall–Kier alpha value is -2.49. The number of nitrogens with zero attached hydrogens (tertiary/aromatic N) is 3. The van der Waals surface area contributed by atoms with Gasteiger partial charge in [0.1, 0.15) is 11.3 Å². The van der Waals surface area contributed by atoms with Gasteiger partial charge in [-0.1, -0.05) is 35.6 Å². The molecule has 0 saturated carbocycles. The Kier molecular flexibility index (Phi) is 7.30. The predicted molar refractivity (Wildman–Crippen MR) is 125 cm³/mol. The van der Waals surface area contributed by atoms with E-state index >= 15 is 0 Å². The second-order valence-corrected chi connectivity index (χ2v) is 10.6. The van der Waals surface area contributed by atoms with Gasteiger partial charge in [0, 0.05) is 19.5 Å². The molecule has 0 N–H and O–H groups in total. The Balaban J connectivity index is 1.88. The highest BCUT2D eigenvalue weighted by atomic mass is 32.2. The number of rotatable bonds is 9. The van der Waals surface area contributed by atoms with Gasteiger partial charge >= 0.3 is 0 Å². The molecule has 1 heterocycles. The Morgan fingerprint density at radius 3 is 2.45 bits per heavy atom. The lowest BCUT2D eigenvalue weighted by Gasteiger charge is -2.22. The van der Waals surface area contributed by atoms with Crippen molar-refractivity contribution in [2.24, 2.45) is 0 Å². The molecule has 31 heavy (non-hydrogen) atoms. The number of aryl methyl sites for hydroxylation is 1. The summed E-state index contributed by atoms with van der Waals surface area (Å²) in [5.74, 6) is 0.133. The summed E-state index contributed by atoms with van der Waals surface area (Å²) in [5.41, 5.74) is 1.76. The minimum atomic E-state index is -3.54. The van der Waals surface area contributed by atoms with Gasteiger partial charge in [-0.25, -0.2) is 13.4 Å². The third-order valence-corrected chi connectivity index (χ3v) is 7.85. The van der Waals surface area contributed by atoms with E-state index in [1.807, 2.05) is 38.1 Å². The fraction of sp³-hybridized carbons (Fsp3) is 0.364. The summed E-state index contributed by atoms with van der Waals surface area (Å²) < 4.78 is 31.6. The number of methoxy groups -OCH3 is 1. The lowest BCUT2D eigenvalue weighted by molar-refractivity contribution is -0.118. The lowest BCUT2D eigenvalue weighted by atomic mass is 10.2. The van der Waals surface area contributed by atoms with Gasteiger partial charge < -0.3 is 9.64 Å². The topological polar surface area (TPSA) is 79.8 Å². The maximum atomic E-state index is 13.1. The van der Waals surface area contributed by atoms with Crippen LogP contribution >= 0.6 is 11.3 Å². The summed E-state index contributed by atoms with van der Waals surface area (Å²) in [6.45, 7) is 3.03. The van der Waals surface area contributed by atoms with E-state index in [2.05, 4.69) is 4.98 Å². The highest BCUT2D eigenvalue weighted by molar-refractivity contribution is 7.91. The van der Waals surface area contributed by atoms with Crippen LogP contribution in [-0.2, 0) is 14.6 Å². The van der Waals surface area contributed by atoms with E-state index in [-0.39, 0.29) is 23.0 Å². The van der Waals surface area contributed by atoms with Crippen molar-refractivity contribution in [3.63, 3.8) is 0 Å². The number of fused-ring (bicyclic) bond motifs is 1. The second kappa shape index (κ2) is 9.76. The van der Waals surface area contributed by atoms with Crippen molar-refractivity contribution in [2.45, 2.75) is 18.2 Å². The predicted octanol–water partition coefficient (Wildman–Crippen LogP) is 3.37. The van der Waals surface area contributed by atoms with Crippen molar-refractivity contribution in [3.8, 4) is 5.75 Å². The number of hydrogen-bond acceptors (Lipinski definition) is 7. The van der Waals surface area contributed by atoms with Crippen molar-refractivity contribution in [1.82, 2.24) is 9.88 Å². The van der Waals surface area contributed by atoms with Crippen molar-refractivity contribution < 1.29 is 17.9 Å². The molecule has 0 fully saturated rings. The van der Waals surface area contributed by atoms with E-state index in [4.69, 9.17) is 4.74 Å². The number of likely N-dealkylation sites (N-methyl/N-ethyl adjacent to an activating group) is 1. The van der Waals surface area contributed by atoms with Crippen LogP contribution in [0.4, 0.5) is 5.13 Å². The molecule has 0 spiro atoms. The van der Waals surface area contributed by atoms with Crippen LogP contribution in [0.2, 0.25) is 0 Å². The summed E-state index contributed by atoms with van der Waals surface area (Å²) >= 11 is 1.42. The number of amides is 1. The zero-order valence-corrected chi connectivity index (χ0v) is 19.8. The second-order valence-electron chi connectivity index (χ2n) is 7.49. The third-order valence-electron chi connectivity index (χ3n) is 4.90. The molecular formula is C22H27N3O4S2. The molecule has 0 aliphatic carbocycles. The van der Waals surface area contributed by atoms with Gasteiger partial charge in [-0.05, 0) is 44.8 Å². The van der Waals surface area contributed by atoms with Crippen molar-refractivity contribution >= 4 is 42.4 Å². The van der Waals surface area contributed by atoms with Crippen molar-refractivity contribution in [1.29, 1.82) is 0 Å². The van der Waals surface area contributed by atoms with E-state index in [1.54, 1.807) is 42.3 Å². The van der Waals surface area contributed by atoms with Crippen LogP contribution < -0.4 is 9.64 Å². The quantitative estimate of drug-likeness (QED) is 0.486. The zero-order valence-electron chi connectivity index (χ0n) is 18.2. The summed E-state index contributed by atoms with van der Waals surface area (Å²) in [5, 5.41) is 0.548. The molecule has 0 aliphatic heterocycles. The summed E-state index contributed by atoms with van der Waals surface area (Å²) in [7, 11) is 1.90. The molecular weight excluding hydrogens is 434 g/mol. The average molecular weight is 462 g/mol. The average Bonchev–Trinajstić information content (AvgIpc) is 3.19. The first-order valence-corrected chi connectivity index (χ1v) is 12.4. The number of carbonyl (C=O) groups excluding carboxylic acids is 1. The SMILES string of the molecule is COc1ccc(C)c2sc(N(CCN(C)C)C(=O)CCS(=O)(=O)c3ccccc3)nc12. The normalized spacial score (nSPS) is 11.8. The van der Waals surface area contributed by atoms with E-state index in [1.165, 1.54) is 11.3 Å². The number of benzene rings is 2. The van der Waals surface area contributed by atoms with Crippen LogP contribution in [0.15, 0.2) is 47.4 Å². The van der Waals surface area contributed by atoms with Gasteiger partial charge in [0.05, 0.1) is 22.5 Å². The molecule has 9 heteroatoms. The first kappa shape index (κ1) is 23.2. The summed E-state index contributed by atoms with van der Waals surface area (Å²) in [6.07, 6.45) is -0.114. The van der Waals surface area contributed by atoms with Crippen molar-refractivity contribution in [2.75, 3.05) is 44.9 Å². The van der Waals surface area contributed by atoms with E-state index in [0.717, 1.165) is 10.3 Å². The molecule has 0 radical (unpaired) electrons. The molecule has 0 bridgehead atoms. The Labute approximate surface area is 187 Å². The van der Waals surface area contributed by atoms with Crippen LogP contribution in [0.3, 0.4) is 0 Å². The zero-order chi connectivity index (χ0) is 22.6. The monoisotopic (exact) mass is 461 g/mol. The highest BCUT2D eigenvalue weighted by Gasteiger charge is 2.24. The summed E-state index contributed by atoms with van der Waals surface area (Å²) in [6, 6.07) is 12.0. The molecule has 0 saturated heterocycles. The minimum Gasteiger partial charge on any atom is -0.494 e. The van der Waals surface area contributed by atoms with Gasteiger partial charge in [-0.3, -0.25) is 9.69 Å². The lowest BCUT2D eigenvalue weighted by Crippen LogP contribution is -2.37. The number of carbonyl (C=O) groups is 1. The van der Waals surface area contributed by atoms with Crippen LogP contribution in [-0.4, -0.2) is 64.3 Å². The van der Waals surface area contributed by atoms with Crippen LogP contribution in [0.1, 0.15) is 12.0 Å². The largest absolute Gasteiger partial charge is 0.494 e. The molecule has 0 atom stereocenters. The number of hydrogen-bond donors (Lipinski definition) is 0. The Bertz CT molecular complexity index is 1160.